The molecule has 0 spiro atoms. The molecule has 1 aliphatic rings. The Labute approximate surface area is 157 Å². The number of hydrogen-bond donors (Lipinski definition) is 1. The Bertz CT molecular complexity index is 839. The van der Waals surface area contributed by atoms with Gasteiger partial charge in [0.15, 0.2) is 0 Å². The van der Waals surface area contributed by atoms with E-state index in [1.54, 1.807) is 25.1 Å². The summed E-state index contributed by atoms with van der Waals surface area (Å²) in [6.45, 7) is 0.595. The predicted molar refractivity (Wildman–Crippen MR) is 99.3 cm³/mol. The van der Waals surface area contributed by atoms with Crippen molar-refractivity contribution in [3.63, 3.8) is 0 Å². The fourth-order valence-corrected chi connectivity index (χ4v) is 2.92. The van der Waals surface area contributed by atoms with Gasteiger partial charge >= 0.3 is 6.03 Å². The molecule has 26 heavy (non-hydrogen) atoms. The van der Waals surface area contributed by atoms with Crippen LogP contribution in [0.25, 0.3) is 0 Å². The number of para-hydroxylation sites is 1. The summed E-state index contributed by atoms with van der Waals surface area (Å²) in [5.74, 6) is 1.12. The van der Waals surface area contributed by atoms with Crippen LogP contribution in [0.4, 0.5) is 4.79 Å². The summed E-state index contributed by atoms with van der Waals surface area (Å²) in [5.41, 5.74) is 1.64. The highest BCUT2D eigenvalue weighted by molar-refractivity contribution is 6.31. The maximum absolute atomic E-state index is 12.7. The number of nitrogens with zero attached hydrogens (tertiary/aromatic N) is 2. The number of benzene rings is 2. The Kier molecular flexibility index (Phi) is 5.32. The molecule has 1 heterocycles. The first-order chi connectivity index (χ1) is 12.5. The van der Waals surface area contributed by atoms with E-state index in [9.17, 15) is 9.59 Å². The van der Waals surface area contributed by atoms with Crippen molar-refractivity contribution in [3.05, 3.63) is 58.6 Å². The van der Waals surface area contributed by atoms with Gasteiger partial charge in [-0.2, -0.15) is 0 Å². The lowest BCUT2D eigenvalue weighted by molar-refractivity contribution is -0.131. The second kappa shape index (κ2) is 7.66. The summed E-state index contributed by atoms with van der Waals surface area (Å²) >= 11 is 6.34. The summed E-state index contributed by atoms with van der Waals surface area (Å²) < 4.78 is 6.02. The highest BCUT2D eigenvalue weighted by Crippen LogP contribution is 2.36. The molecule has 0 unspecified atom stereocenters. The molecule has 0 saturated heterocycles. The number of amides is 3. The van der Waals surface area contributed by atoms with E-state index >= 15 is 0 Å². The Hall–Kier alpha value is -2.73. The van der Waals surface area contributed by atoms with E-state index in [0.29, 0.717) is 29.6 Å². The molecule has 136 valence electrons. The quantitative estimate of drug-likeness (QED) is 0.879. The van der Waals surface area contributed by atoms with Gasteiger partial charge in [0.25, 0.3) is 0 Å². The molecule has 3 rings (SSSR count). The van der Waals surface area contributed by atoms with Gasteiger partial charge in [0.05, 0.1) is 13.1 Å². The Morgan fingerprint density at radius 3 is 2.62 bits per heavy atom. The molecule has 1 N–H and O–H groups in total. The first-order valence-electron chi connectivity index (χ1n) is 8.22. The van der Waals surface area contributed by atoms with Gasteiger partial charge < -0.3 is 19.9 Å². The molecule has 0 fully saturated rings. The fraction of sp³-hybridized carbons (Fsp3) is 0.263. The van der Waals surface area contributed by atoms with Gasteiger partial charge in [0, 0.05) is 36.8 Å². The smallest absolute Gasteiger partial charge is 0.317 e. The minimum atomic E-state index is -0.312. The lowest BCUT2D eigenvalue weighted by atomic mass is 10.1. The van der Waals surface area contributed by atoms with Crippen LogP contribution < -0.4 is 10.1 Å². The van der Waals surface area contributed by atoms with E-state index in [2.05, 4.69) is 5.32 Å². The van der Waals surface area contributed by atoms with E-state index in [1.807, 2.05) is 36.4 Å². The lowest BCUT2D eigenvalue weighted by Crippen LogP contribution is -2.43. The Balaban J connectivity index is 1.90. The summed E-state index contributed by atoms with van der Waals surface area (Å²) in [6, 6.07) is 12.7. The molecule has 1 aliphatic heterocycles. The van der Waals surface area contributed by atoms with E-state index in [4.69, 9.17) is 16.3 Å². The van der Waals surface area contributed by atoms with Crippen LogP contribution in [0.5, 0.6) is 11.5 Å². The average molecular weight is 374 g/mol. The van der Waals surface area contributed by atoms with Crippen molar-refractivity contribution in [1.82, 2.24) is 15.1 Å². The van der Waals surface area contributed by atoms with Crippen molar-refractivity contribution in [2.45, 2.75) is 13.1 Å². The summed E-state index contributed by atoms with van der Waals surface area (Å²) in [4.78, 5) is 27.5. The van der Waals surface area contributed by atoms with E-state index in [1.165, 1.54) is 4.90 Å². The van der Waals surface area contributed by atoms with E-state index in [0.717, 1.165) is 11.1 Å². The predicted octanol–water partition coefficient (Wildman–Crippen LogP) is 3.25. The minimum absolute atomic E-state index is 0.0835. The number of hydrogen-bond acceptors (Lipinski definition) is 3. The van der Waals surface area contributed by atoms with Crippen molar-refractivity contribution in [1.29, 1.82) is 0 Å². The maximum Gasteiger partial charge on any atom is 0.317 e. The van der Waals surface area contributed by atoms with Crippen molar-refractivity contribution in [2.75, 3.05) is 20.6 Å². The van der Waals surface area contributed by atoms with Gasteiger partial charge in [-0.05, 0) is 18.2 Å². The zero-order valence-electron chi connectivity index (χ0n) is 14.7. The Morgan fingerprint density at radius 2 is 1.85 bits per heavy atom. The number of carbonyl (C=O) groups is 2. The van der Waals surface area contributed by atoms with Crippen LogP contribution in [-0.2, 0) is 17.9 Å². The van der Waals surface area contributed by atoms with Crippen LogP contribution in [0.2, 0.25) is 5.02 Å². The summed E-state index contributed by atoms with van der Waals surface area (Å²) in [6.07, 6.45) is 0. The Morgan fingerprint density at radius 1 is 1.12 bits per heavy atom. The summed E-state index contributed by atoms with van der Waals surface area (Å²) in [5, 5.41) is 3.15. The molecule has 2 aromatic rings. The molecule has 2 aromatic carbocycles. The van der Waals surface area contributed by atoms with Gasteiger partial charge in [-0.1, -0.05) is 35.9 Å². The highest BCUT2D eigenvalue weighted by atomic mass is 35.5. The number of fused-ring (bicyclic) bond motifs is 2. The van der Waals surface area contributed by atoms with Gasteiger partial charge in [0.2, 0.25) is 5.91 Å². The van der Waals surface area contributed by atoms with Crippen LogP contribution >= 0.6 is 11.6 Å². The molecule has 0 bridgehead atoms. The molecule has 0 aromatic heterocycles. The highest BCUT2D eigenvalue weighted by Gasteiger charge is 2.23. The number of nitrogens with one attached hydrogen (secondary N) is 1. The van der Waals surface area contributed by atoms with Gasteiger partial charge in [-0.25, -0.2) is 4.79 Å². The van der Waals surface area contributed by atoms with Crippen molar-refractivity contribution < 1.29 is 14.3 Å². The van der Waals surface area contributed by atoms with Crippen LogP contribution in [-0.4, -0.2) is 42.4 Å². The van der Waals surface area contributed by atoms with E-state index in [-0.39, 0.29) is 18.5 Å². The minimum Gasteiger partial charge on any atom is -0.457 e. The largest absolute Gasteiger partial charge is 0.457 e. The second-order valence-corrected chi connectivity index (χ2v) is 6.64. The molecule has 0 atom stereocenters. The number of rotatable bonds is 2. The van der Waals surface area contributed by atoms with Crippen LogP contribution in [0, 0.1) is 0 Å². The first-order valence-corrected chi connectivity index (χ1v) is 8.59. The topological polar surface area (TPSA) is 61.9 Å². The molecule has 6 nitrogen and oxygen atoms in total. The van der Waals surface area contributed by atoms with Crippen molar-refractivity contribution >= 4 is 23.5 Å². The third-order valence-corrected chi connectivity index (χ3v) is 4.48. The number of halogens is 1. The average Bonchev–Trinajstić information content (AvgIpc) is 2.60. The third-order valence-electron chi connectivity index (χ3n) is 4.13. The second-order valence-electron chi connectivity index (χ2n) is 6.23. The third kappa shape index (κ3) is 3.91. The molecular weight excluding hydrogens is 354 g/mol. The van der Waals surface area contributed by atoms with Crippen molar-refractivity contribution in [2.24, 2.45) is 0 Å². The monoisotopic (exact) mass is 373 g/mol. The van der Waals surface area contributed by atoms with E-state index < -0.39 is 0 Å². The first kappa shape index (κ1) is 18.1. The standard InChI is InChI=1S/C19H20ClN3O3/c1-22(2)19(25)21-10-18(24)23-11-13-6-3-4-8-16(13)26-17-9-5-7-15(20)14(17)12-23/h3-9H,10-12H2,1-2H3,(H,21,25). The zero-order chi connectivity index (χ0) is 18.7. The molecular formula is C19H20ClN3O3. The SMILES string of the molecule is CN(C)C(=O)NCC(=O)N1Cc2ccccc2Oc2cccc(Cl)c2C1. The molecule has 0 aliphatic carbocycles. The number of carbonyl (C=O) groups excluding carboxylic acids is 2. The van der Waals surface area contributed by atoms with Crippen LogP contribution in [0.15, 0.2) is 42.5 Å². The van der Waals surface area contributed by atoms with Crippen LogP contribution in [0.3, 0.4) is 0 Å². The summed E-state index contributed by atoms with van der Waals surface area (Å²) in [7, 11) is 3.25. The van der Waals surface area contributed by atoms with Crippen molar-refractivity contribution in [3.8, 4) is 11.5 Å². The molecule has 0 radical (unpaired) electrons. The number of ether oxygens (including phenoxy) is 1. The van der Waals surface area contributed by atoms with Crippen LogP contribution in [0.1, 0.15) is 11.1 Å². The fourth-order valence-electron chi connectivity index (χ4n) is 2.69. The van der Waals surface area contributed by atoms with Gasteiger partial charge in [-0.3, -0.25) is 4.79 Å². The normalized spacial score (nSPS) is 12.8. The zero-order valence-corrected chi connectivity index (χ0v) is 15.4. The maximum atomic E-state index is 12.7. The molecule has 0 saturated carbocycles. The lowest BCUT2D eigenvalue weighted by Gasteiger charge is -2.28. The van der Waals surface area contributed by atoms with Gasteiger partial charge in [0.1, 0.15) is 11.5 Å². The molecule has 7 heteroatoms. The number of urea groups is 1. The molecule has 3 amide bonds. The van der Waals surface area contributed by atoms with Gasteiger partial charge in [-0.15, -0.1) is 0 Å².